The Kier molecular flexibility index (Phi) is 4.83. The minimum atomic E-state index is -0.647. The Morgan fingerprint density at radius 3 is 2.64 bits per heavy atom. The number of benzene rings is 2. The number of methoxy groups -OCH3 is 1. The zero-order valence-corrected chi connectivity index (χ0v) is 20.5. The molecule has 0 radical (unpaired) electrons. The van der Waals surface area contributed by atoms with Gasteiger partial charge in [-0.05, 0) is 55.1 Å². The van der Waals surface area contributed by atoms with Crippen LogP contribution in [0.15, 0.2) is 64.7 Å². The van der Waals surface area contributed by atoms with Gasteiger partial charge in [-0.2, -0.15) is 0 Å². The van der Waals surface area contributed by atoms with E-state index in [9.17, 15) is 14.4 Å². The third kappa shape index (κ3) is 3.10. The van der Waals surface area contributed by atoms with Gasteiger partial charge < -0.3 is 19.6 Å². The van der Waals surface area contributed by atoms with Gasteiger partial charge in [0, 0.05) is 53.5 Å². The first-order chi connectivity index (χ1) is 17.3. The highest BCUT2D eigenvalue weighted by Gasteiger charge is 2.42. The standard InChI is InChI=1S/C28H26N4O4/c1-14(2)31-12-19-24(18-10-16-8-9-17(36-4)11-21(16)30-27(18)34)26-22(13-32(15(3)33)28(26)35)29-20-6-5-7-23(31)25(19)20/h5-12,14,24,29H,13H2,1-4H3,(H,30,34)/t24-/m1/s1. The highest BCUT2D eigenvalue weighted by Crippen LogP contribution is 2.46. The molecule has 182 valence electrons. The van der Waals surface area contributed by atoms with Crippen molar-refractivity contribution >= 4 is 39.3 Å². The number of aromatic nitrogens is 2. The molecule has 8 heteroatoms. The summed E-state index contributed by atoms with van der Waals surface area (Å²) in [5.74, 6) is -0.707. The molecule has 0 saturated heterocycles. The van der Waals surface area contributed by atoms with Crippen molar-refractivity contribution in [1.82, 2.24) is 14.5 Å². The minimum absolute atomic E-state index is 0.146. The van der Waals surface area contributed by atoms with E-state index in [2.05, 4.69) is 34.8 Å². The quantitative estimate of drug-likeness (QED) is 0.455. The zero-order valence-electron chi connectivity index (χ0n) is 20.5. The molecule has 2 aliphatic heterocycles. The van der Waals surface area contributed by atoms with E-state index in [1.165, 1.54) is 11.8 Å². The van der Waals surface area contributed by atoms with Gasteiger partial charge in [-0.15, -0.1) is 0 Å². The Hall–Kier alpha value is -4.33. The number of rotatable bonds is 3. The first-order valence-corrected chi connectivity index (χ1v) is 12.0. The van der Waals surface area contributed by atoms with E-state index in [0.29, 0.717) is 28.1 Å². The molecule has 4 aromatic rings. The Morgan fingerprint density at radius 1 is 1.11 bits per heavy atom. The summed E-state index contributed by atoms with van der Waals surface area (Å²) in [6.45, 7) is 5.73. The first kappa shape index (κ1) is 22.2. The van der Waals surface area contributed by atoms with Crippen LogP contribution in [0.5, 0.6) is 5.75 Å². The molecule has 6 rings (SSSR count). The second-order valence-electron chi connectivity index (χ2n) is 9.65. The maximum absolute atomic E-state index is 13.7. The van der Waals surface area contributed by atoms with Crippen molar-refractivity contribution in [3.05, 3.63) is 81.4 Å². The number of fused-ring (bicyclic) bond motifs is 1. The van der Waals surface area contributed by atoms with Crippen molar-refractivity contribution in [2.75, 3.05) is 19.0 Å². The maximum atomic E-state index is 13.7. The Balaban J connectivity index is 1.68. The summed E-state index contributed by atoms with van der Waals surface area (Å²) in [7, 11) is 1.58. The number of hydrogen-bond donors (Lipinski definition) is 2. The third-order valence-corrected chi connectivity index (χ3v) is 7.22. The van der Waals surface area contributed by atoms with Crippen LogP contribution >= 0.6 is 0 Å². The largest absolute Gasteiger partial charge is 0.497 e. The number of ether oxygens (including phenoxy) is 1. The molecule has 2 aromatic carbocycles. The highest BCUT2D eigenvalue weighted by atomic mass is 16.5. The topological polar surface area (TPSA) is 96.4 Å². The van der Waals surface area contributed by atoms with Crippen LogP contribution in [0, 0.1) is 0 Å². The predicted octanol–water partition coefficient (Wildman–Crippen LogP) is 4.27. The molecule has 0 spiro atoms. The van der Waals surface area contributed by atoms with Gasteiger partial charge in [0.05, 0.1) is 30.3 Å². The van der Waals surface area contributed by atoms with Gasteiger partial charge >= 0.3 is 0 Å². The molecule has 36 heavy (non-hydrogen) atoms. The summed E-state index contributed by atoms with van der Waals surface area (Å²) in [4.78, 5) is 43.8. The van der Waals surface area contributed by atoms with Crippen LogP contribution in [0.25, 0.3) is 21.8 Å². The fraction of sp³-hybridized carbons (Fsp3) is 0.250. The van der Waals surface area contributed by atoms with Gasteiger partial charge in [-0.3, -0.25) is 19.3 Å². The lowest BCUT2D eigenvalue weighted by atomic mass is 9.84. The summed E-state index contributed by atoms with van der Waals surface area (Å²) in [5, 5.41) is 5.25. The van der Waals surface area contributed by atoms with Crippen LogP contribution < -0.4 is 15.6 Å². The number of nitrogens with zero attached hydrogens (tertiary/aromatic N) is 2. The van der Waals surface area contributed by atoms with Gasteiger partial charge in [-0.25, -0.2) is 0 Å². The number of nitrogens with one attached hydrogen (secondary N) is 2. The smallest absolute Gasteiger partial charge is 0.259 e. The van der Waals surface area contributed by atoms with E-state index >= 15 is 0 Å². The van der Waals surface area contributed by atoms with Gasteiger partial charge in [0.2, 0.25) is 5.91 Å². The number of carbonyl (C=O) groups excluding carboxylic acids is 2. The van der Waals surface area contributed by atoms with Crippen LogP contribution in [0.3, 0.4) is 0 Å². The maximum Gasteiger partial charge on any atom is 0.259 e. The molecule has 0 unspecified atom stereocenters. The minimum Gasteiger partial charge on any atom is -0.497 e. The van der Waals surface area contributed by atoms with E-state index in [4.69, 9.17) is 4.74 Å². The lowest BCUT2D eigenvalue weighted by molar-refractivity contribution is -0.139. The number of hydrogen-bond acceptors (Lipinski definition) is 5. The van der Waals surface area contributed by atoms with Crippen LogP contribution in [0.1, 0.15) is 43.9 Å². The number of imide groups is 1. The fourth-order valence-corrected chi connectivity index (χ4v) is 5.52. The average molecular weight is 483 g/mol. The zero-order chi connectivity index (χ0) is 25.3. The second kappa shape index (κ2) is 7.84. The Morgan fingerprint density at radius 2 is 1.92 bits per heavy atom. The van der Waals surface area contributed by atoms with E-state index in [0.717, 1.165) is 27.5 Å². The Bertz CT molecular complexity index is 1690. The van der Waals surface area contributed by atoms with Crippen LogP contribution in [-0.4, -0.2) is 39.9 Å². The van der Waals surface area contributed by atoms with Crippen molar-refractivity contribution in [3.63, 3.8) is 0 Å². The van der Waals surface area contributed by atoms with E-state index in [1.54, 1.807) is 13.2 Å². The SMILES string of the molecule is COc1ccc2cc([C@H]3C4=C(CN(C(C)=O)C4=O)Nc4cccc5c4c3cn5C(C)C)c(=O)[nH]c2c1. The van der Waals surface area contributed by atoms with Gasteiger partial charge in [0.15, 0.2) is 0 Å². The van der Waals surface area contributed by atoms with Crippen molar-refractivity contribution in [2.24, 2.45) is 0 Å². The summed E-state index contributed by atoms with van der Waals surface area (Å²) in [6, 6.07) is 13.5. The lowest BCUT2D eigenvalue weighted by Crippen LogP contribution is -2.33. The molecule has 2 aromatic heterocycles. The van der Waals surface area contributed by atoms with Crippen LogP contribution in [0.2, 0.25) is 0 Å². The monoisotopic (exact) mass is 482 g/mol. The molecule has 0 bridgehead atoms. The van der Waals surface area contributed by atoms with E-state index < -0.39 is 5.92 Å². The number of aromatic amines is 1. The number of carbonyl (C=O) groups is 2. The highest BCUT2D eigenvalue weighted by molar-refractivity contribution is 6.11. The summed E-state index contributed by atoms with van der Waals surface area (Å²) in [5.41, 5.74) is 4.65. The number of amides is 2. The number of H-pyrrole nitrogens is 1. The molecular formula is C28H26N4O4. The molecule has 2 amide bonds. The molecule has 8 nitrogen and oxygen atoms in total. The molecule has 2 N–H and O–H groups in total. The van der Waals surface area contributed by atoms with Crippen molar-refractivity contribution in [3.8, 4) is 5.75 Å². The molecule has 2 aliphatic rings. The van der Waals surface area contributed by atoms with Gasteiger partial charge in [0.25, 0.3) is 11.5 Å². The number of pyridine rings is 1. The van der Waals surface area contributed by atoms with Gasteiger partial charge in [0.1, 0.15) is 5.75 Å². The molecule has 0 fully saturated rings. The molecule has 0 saturated carbocycles. The number of anilines is 1. The van der Waals surface area contributed by atoms with Crippen LogP contribution in [0.4, 0.5) is 5.69 Å². The lowest BCUT2D eigenvalue weighted by Gasteiger charge is -2.19. The predicted molar refractivity (Wildman–Crippen MR) is 138 cm³/mol. The summed E-state index contributed by atoms with van der Waals surface area (Å²) >= 11 is 0. The second-order valence-corrected chi connectivity index (χ2v) is 9.65. The summed E-state index contributed by atoms with van der Waals surface area (Å²) < 4.78 is 7.47. The van der Waals surface area contributed by atoms with Crippen molar-refractivity contribution in [2.45, 2.75) is 32.7 Å². The molecule has 0 aliphatic carbocycles. The third-order valence-electron chi connectivity index (χ3n) is 7.22. The van der Waals surface area contributed by atoms with Crippen LogP contribution in [-0.2, 0) is 9.59 Å². The van der Waals surface area contributed by atoms with Gasteiger partial charge in [-0.1, -0.05) is 6.07 Å². The van der Waals surface area contributed by atoms with E-state index in [-0.39, 0.29) is 30.0 Å². The molecule has 1 atom stereocenters. The first-order valence-electron chi connectivity index (χ1n) is 12.0. The van der Waals surface area contributed by atoms with Crippen molar-refractivity contribution < 1.29 is 14.3 Å². The van der Waals surface area contributed by atoms with Crippen molar-refractivity contribution in [1.29, 1.82) is 0 Å². The Labute approximate surface area is 207 Å². The molecule has 4 heterocycles. The van der Waals surface area contributed by atoms with E-state index in [1.807, 2.05) is 36.5 Å². The molecular weight excluding hydrogens is 456 g/mol. The normalized spacial score (nSPS) is 17.1. The average Bonchev–Trinajstić information content (AvgIpc) is 3.34. The summed E-state index contributed by atoms with van der Waals surface area (Å²) in [6.07, 6.45) is 2.04. The fourth-order valence-electron chi connectivity index (χ4n) is 5.52.